The molecule has 1 aromatic rings. The lowest BCUT2D eigenvalue weighted by atomic mass is 9.79. The standard InChI is InChI=1S/C17H26N2/c1-19-13-16(12-15-8-4-2-5-9-15)18-17(14-19)10-6-3-7-11-17/h2,4-5,8-9,16,18H,3,6-7,10-14H2,1H3/t16-/m0/s1. The number of benzene rings is 1. The molecule has 1 aliphatic carbocycles. The molecular weight excluding hydrogens is 232 g/mol. The molecule has 0 bridgehead atoms. The summed E-state index contributed by atoms with van der Waals surface area (Å²) in [6.07, 6.45) is 8.12. The van der Waals surface area contributed by atoms with Crippen molar-refractivity contribution in [1.29, 1.82) is 0 Å². The van der Waals surface area contributed by atoms with E-state index in [2.05, 4.69) is 47.6 Å². The van der Waals surface area contributed by atoms with E-state index in [4.69, 9.17) is 0 Å². The van der Waals surface area contributed by atoms with Crippen molar-refractivity contribution < 1.29 is 0 Å². The maximum absolute atomic E-state index is 4.01. The average molecular weight is 258 g/mol. The summed E-state index contributed by atoms with van der Waals surface area (Å²) in [6.45, 7) is 2.41. The van der Waals surface area contributed by atoms with Crippen molar-refractivity contribution >= 4 is 0 Å². The third kappa shape index (κ3) is 3.18. The zero-order valence-corrected chi connectivity index (χ0v) is 12.1. The second kappa shape index (κ2) is 5.64. The summed E-state index contributed by atoms with van der Waals surface area (Å²) in [5.74, 6) is 0. The minimum atomic E-state index is 0.407. The summed E-state index contributed by atoms with van der Waals surface area (Å²) >= 11 is 0. The summed E-state index contributed by atoms with van der Waals surface area (Å²) in [4.78, 5) is 2.54. The van der Waals surface area contributed by atoms with E-state index in [0.717, 1.165) is 6.42 Å². The summed E-state index contributed by atoms with van der Waals surface area (Å²) in [6, 6.07) is 11.5. The van der Waals surface area contributed by atoms with Crippen LogP contribution in [0.2, 0.25) is 0 Å². The average Bonchev–Trinajstić information content (AvgIpc) is 2.39. The van der Waals surface area contributed by atoms with Crippen molar-refractivity contribution in [3.63, 3.8) is 0 Å². The maximum Gasteiger partial charge on any atom is 0.0311 e. The number of hydrogen-bond acceptors (Lipinski definition) is 2. The summed E-state index contributed by atoms with van der Waals surface area (Å²) in [5, 5.41) is 4.01. The van der Waals surface area contributed by atoms with Crippen molar-refractivity contribution in [3.8, 4) is 0 Å². The molecule has 3 rings (SSSR count). The number of nitrogens with one attached hydrogen (secondary N) is 1. The first-order chi connectivity index (χ1) is 9.26. The Kier molecular flexibility index (Phi) is 3.90. The van der Waals surface area contributed by atoms with Gasteiger partial charge in [-0.3, -0.25) is 0 Å². The lowest BCUT2D eigenvalue weighted by Gasteiger charge is -2.48. The van der Waals surface area contributed by atoms with E-state index in [9.17, 15) is 0 Å². The molecule has 0 unspecified atom stereocenters. The largest absolute Gasteiger partial charge is 0.306 e. The van der Waals surface area contributed by atoms with Gasteiger partial charge in [0.1, 0.15) is 0 Å². The van der Waals surface area contributed by atoms with Gasteiger partial charge in [0.25, 0.3) is 0 Å². The van der Waals surface area contributed by atoms with E-state index in [-0.39, 0.29) is 0 Å². The summed E-state index contributed by atoms with van der Waals surface area (Å²) in [7, 11) is 2.29. The molecule has 0 radical (unpaired) electrons. The van der Waals surface area contributed by atoms with Gasteiger partial charge in [-0.25, -0.2) is 0 Å². The van der Waals surface area contributed by atoms with E-state index in [1.165, 1.54) is 50.8 Å². The Morgan fingerprint density at radius 3 is 2.63 bits per heavy atom. The Morgan fingerprint density at radius 2 is 1.89 bits per heavy atom. The quantitative estimate of drug-likeness (QED) is 0.877. The molecule has 2 aliphatic rings. The predicted molar refractivity (Wildman–Crippen MR) is 80.4 cm³/mol. The molecule has 2 nitrogen and oxygen atoms in total. The summed E-state index contributed by atoms with van der Waals surface area (Å²) in [5.41, 5.74) is 1.87. The number of rotatable bonds is 2. The van der Waals surface area contributed by atoms with Crippen molar-refractivity contribution in [2.75, 3.05) is 20.1 Å². The fraction of sp³-hybridized carbons (Fsp3) is 0.647. The topological polar surface area (TPSA) is 15.3 Å². The van der Waals surface area contributed by atoms with Crippen molar-refractivity contribution in [2.24, 2.45) is 0 Å². The van der Waals surface area contributed by atoms with Crippen LogP contribution in [0.4, 0.5) is 0 Å². The fourth-order valence-electron chi connectivity index (χ4n) is 4.03. The number of hydrogen-bond donors (Lipinski definition) is 1. The van der Waals surface area contributed by atoms with Crippen LogP contribution in [-0.2, 0) is 6.42 Å². The van der Waals surface area contributed by atoms with Crippen LogP contribution in [0.25, 0.3) is 0 Å². The molecule has 1 aliphatic heterocycles. The van der Waals surface area contributed by atoms with Gasteiger partial charge in [0.2, 0.25) is 0 Å². The van der Waals surface area contributed by atoms with Gasteiger partial charge in [0, 0.05) is 24.7 Å². The van der Waals surface area contributed by atoms with Gasteiger partial charge in [0.15, 0.2) is 0 Å². The molecule has 2 heteroatoms. The third-order valence-electron chi connectivity index (χ3n) is 4.75. The van der Waals surface area contributed by atoms with E-state index in [1.54, 1.807) is 0 Å². The van der Waals surface area contributed by atoms with Gasteiger partial charge in [-0.2, -0.15) is 0 Å². The Bertz CT molecular complexity index is 395. The highest BCUT2D eigenvalue weighted by molar-refractivity contribution is 5.17. The van der Waals surface area contributed by atoms with Gasteiger partial charge in [-0.1, -0.05) is 49.6 Å². The van der Waals surface area contributed by atoms with Crippen LogP contribution in [0.15, 0.2) is 30.3 Å². The van der Waals surface area contributed by atoms with Gasteiger partial charge in [-0.15, -0.1) is 0 Å². The zero-order valence-electron chi connectivity index (χ0n) is 12.1. The number of nitrogens with zero attached hydrogens (tertiary/aromatic N) is 1. The summed E-state index contributed by atoms with van der Waals surface area (Å²) < 4.78 is 0. The molecule has 104 valence electrons. The first kappa shape index (κ1) is 13.1. The molecular formula is C17H26N2. The minimum Gasteiger partial charge on any atom is -0.306 e. The number of likely N-dealkylation sites (N-methyl/N-ethyl adjacent to an activating group) is 1. The van der Waals surface area contributed by atoms with Crippen LogP contribution in [-0.4, -0.2) is 36.6 Å². The Hall–Kier alpha value is -0.860. The Morgan fingerprint density at radius 1 is 1.16 bits per heavy atom. The predicted octanol–water partition coefficient (Wildman–Crippen LogP) is 2.84. The van der Waals surface area contributed by atoms with Crippen LogP contribution < -0.4 is 5.32 Å². The molecule has 1 aromatic carbocycles. The lowest BCUT2D eigenvalue weighted by Crippen LogP contribution is -2.65. The molecule has 0 aromatic heterocycles. The second-order valence-corrected chi connectivity index (χ2v) is 6.57. The van der Waals surface area contributed by atoms with Crippen LogP contribution in [0.3, 0.4) is 0 Å². The molecule has 0 amide bonds. The van der Waals surface area contributed by atoms with E-state index >= 15 is 0 Å². The first-order valence-corrected chi connectivity index (χ1v) is 7.76. The van der Waals surface area contributed by atoms with Crippen LogP contribution >= 0.6 is 0 Å². The van der Waals surface area contributed by atoms with Crippen molar-refractivity contribution in [3.05, 3.63) is 35.9 Å². The van der Waals surface area contributed by atoms with Gasteiger partial charge < -0.3 is 10.2 Å². The van der Waals surface area contributed by atoms with Gasteiger partial charge in [0.05, 0.1) is 0 Å². The van der Waals surface area contributed by atoms with E-state index in [1.807, 2.05) is 0 Å². The highest BCUT2D eigenvalue weighted by atomic mass is 15.2. The normalized spacial score (nSPS) is 27.5. The number of piperazine rings is 1. The smallest absolute Gasteiger partial charge is 0.0311 e. The molecule has 1 saturated heterocycles. The maximum atomic E-state index is 4.01. The monoisotopic (exact) mass is 258 g/mol. The molecule has 1 atom stereocenters. The zero-order chi connectivity index (χ0) is 13.1. The fourth-order valence-corrected chi connectivity index (χ4v) is 4.03. The lowest BCUT2D eigenvalue weighted by molar-refractivity contribution is 0.0860. The highest BCUT2D eigenvalue weighted by Crippen LogP contribution is 2.31. The van der Waals surface area contributed by atoms with Gasteiger partial charge >= 0.3 is 0 Å². The van der Waals surface area contributed by atoms with Gasteiger partial charge in [-0.05, 0) is 31.9 Å². The van der Waals surface area contributed by atoms with Crippen LogP contribution in [0.1, 0.15) is 37.7 Å². The molecule has 2 fully saturated rings. The SMILES string of the molecule is CN1C[C@H](Cc2ccccc2)NC2(CCCCC2)C1. The van der Waals surface area contributed by atoms with E-state index < -0.39 is 0 Å². The molecule has 1 saturated carbocycles. The van der Waals surface area contributed by atoms with E-state index in [0.29, 0.717) is 11.6 Å². The molecule has 1 heterocycles. The Balaban J connectivity index is 1.68. The molecule has 1 N–H and O–H groups in total. The Labute approximate surface area is 117 Å². The minimum absolute atomic E-state index is 0.407. The van der Waals surface area contributed by atoms with Crippen LogP contribution in [0.5, 0.6) is 0 Å². The van der Waals surface area contributed by atoms with Crippen molar-refractivity contribution in [2.45, 2.75) is 50.1 Å². The molecule has 19 heavy (non-hydrogen) atoms. The van der Waals surface area contributed by atoms with Crippen molar-refractivity contribution in [1.82, 2.24) is 10.2 Å². The first-order valence-electron chi connectivity index (χ1n) is 7.76. The van der Waals surface area contributed by atoms with Crippen LogP contribution in [0, 0.1) is 0 Å². The second-order valence-electron chi connectivity index (χ2n) is 6.57. The highest BCUT2D eigenvalue weighted by Gasteiger charge is 2.38. The molecule has 1 spiro atoms. The third-order valence-corrected chi connectivity index (χ3v) is 4.75.